The zero-order valence-electron chi connectivity index (χ0n) is 13.9. The lowest BCUT2D eigenvalue weighted by Crippen LogP contribution is -2.38. The molecule has 1 aromatic rings. The van der Waals surface area contributed by atoms with Crippen LogP contribution in [0.2, 0.25) is 0 Å². The molecule has 130 valence electrons. The maximum atomic E-state index is 11.9. The third-order valence-electron chi connectivity index (χ3n) is 3.25. The van der Waals surface area contributed by atoms with Crippen molar-refractivity contribution in [2.24, 2.45) is 0 Å². The number of aryl methyl sites for hydroxylation is 2. The van der Waals surface area contributed by atoms with E-state index in [1.165, 1.54) is 7.05 Å². The second-order valence-corrected chi connectivity index (χ2v) is 5.09. The smallest absolute Gasteiger partial charge is 0.325 e. The number of carbonyl (C=O) groups is 4. The van der Waals surface area contributed by atoms with Gasteiger partial charge in [0, 0.05) is 12.6 Å². The maximum Gasteiger partial charge on any atom is 0.325 e. The van der Waals surface area contributed by atoms with Crippen molar-refractivity contribution >= 4 is 23.7 Å². The molecule has 0 aliphatic rings. The van der Waals surface area contributed by atoms with Gasteiger partial charge in [-0.2, -0.15) is 0 Å². The number of amides is 3. The highest BCUT2D eigenvalue weighted by Gasteiger charge is 2.11. The van der Waals surface area contributed by atoms with Gasteiger partial charge in [0.1, 0.15) is 6.54 Å². The van der Waals surface area contributed by atoms with Gasteiger partial charge >= 0.3 is 5.97 Å². The minimum atomic E-state index is -0.748. The molecule has 8 heteroatoms. The monoisotopic (exact) mass is 335 g/mol. The summed E-state index contributed by atoms with van der Waals surface area (Å²) in [6.45, 7) is 2.75. The van der Waals surface area contributed by atoms with Crippen LogP contribution < -0.4 is 16.0 Å². The zero-order valence-corrected chi connectivity index (χ0v) is 13.9. The van der Waals surface area contributed by atoms with Gasteiger partial charge in [0.05, 0.1) is 6.54 Å². The molecule has 24 heavy (non-hydrogen) atoms. The highest BCUT2D eigenvalue weighted by Crippen LogP contribution is 2.09. The Kier molecular flexibility index (Phi) is 7.41. The number of hydrogen-bond acceptors (Lipinski definition) is 5. The van der Waals surface area contributed by atoms with E-state index in [0.717, 1.165) is 11.1 Å². The van der Waals surface area contributed by atoms with Crippen LogP contribution in [-0.2, 0) is 19.1 Å². The number of ether oxygens (including phenoxy) is 1. The lowest BCUT2D eigenvalue weighted by atomic mass is 10.1. The Morgan fingerprint density at radius 1 is 0.958 bits per heavy atom. The first-order valence-corrected chi connectivity index (χ1v) is 7.32. The van der Waals surface area contributed by atoms with Crippen LogP contribution in [0.3, 0.4) is 0 Å². The molecular weight excluding hydrogens is 314 g/mol. The van der Waals surface area contributed by atoms with Crippen molar-refractivity contribution in [3.8, 4) is 0 Å². The number of esters is 1. The summed E-state index contributed by atoms with van der Waals surface area (Å²) < 4.78 is 4.70. The summed E-state index contributed by atoms with van der Waals surface area (Å²) >= 11 is 0. The second kappa shape index (κ2) is 9.29. The molecule has 1 aromatic carbocycles. The van der Waals surface area contributed by atoms with Gasteiger partial charge in [0.15, 0.2) is 6.61 Å². The van der Waals surface area contributed by atoms with Crippen LogP contribution in [0, 0.1) is 13.8 Å². The van der Waals surface area contributed by atoms with Gasteiger partial charge in [-0.05, 0) is 37.1 Å². The fourth-order valence-corrected chi connectivity index (χ4v) is 1.65. The lowest BCUT2D eigenvalue weighted by molar-refractivity contribution is -0.147. The summed E-state index contributed by atoms with van der Waals surface area (Å²) in [5, 5.41) is 7.03. The molecule has 0 saturated heterocycles. The molecule has 8 nitrogen and oxygen atoms in total. The van der Waals surface area contributed by atoms with Crippen molar-refractivity contribution in [2.75, 3.05) is 26.7 Å². The van der Waals surface area contributed by atoms with Crippen LogP contribution in [0.4, 0.5) is 0 Å². The van der Waals surface area contributed by atoms with Crippen molar-refractivity contribution in [1.29, 1.82) is 0 Å². The molecule has 1 rings (SSSR count). The van der Waals surface area contributed by atoms with Crippen molar-refractivity contribution in [3.05, 3.63) is 34.9 Å². The molecule has 0 bridgehead atoms. The minimum absolute atomic E-state index is 0.198. The fourth-order valence-electron chi connectivity index (χ4n) is 1.65. The van der Waals surface area contributed by atoms with E-state index in [1.54, 1.807) is 12.1 Å². The Morgan fingerprint density at radius 3 is 2.29 bits per heavy atom. The Hall–Kier alpha value is -2.90. The molecule has 0 unspecified atom stereocenters. The van der Waals surface area contributed by atoms with E-state index in [1.807, 2.05) is 19.9 Å². The summed E-state index contributed by atoms with van der Waals surface area (Å²) in [5.74, 6) is -2.12. The Labute approximate surface area is 139 Å². The van der Waals surface area contributed by atoms with Crippen LogP contribution in [-0.4, -0.2) is 50.4 Å². The van der Waals surface area contributed by atoms with Gasteiger partial charge < -0.3 is 20.7 Å². The fraction of sp³-hybridized carbons (Fsp3) is 0.375. The van der Waals surface area contributed by atoms with Crippen molar-refractivity contribution in [1.82, 2.24) is 16.0 Å². The van der Waals surface area contributed by atoms with E-state index in [4.69, 9.17) is 4.74 Å². The topological polar surface area (TPSA) is 114 Å². The minimum Gasteiger partial charge on any atom is -0.454 e. The molecule has 0 heterocycles. The predicted octanol–water partition coefficient (Wildman–Crippen LogP) is -0.561. The van der Waals surface area contributed by atoms with E-state index in [-0.39, 0.29) is 19.0 Å². The Bertz CT molecular complexity index is 643. The highest BCUT2D eigenvalue weighted by molar-refractivity contribution is 5.96. The maximum absolute atomic E-state index is 11.9. The number of benzene rings is 1. The van der Waals surface area contributed by atoms with Gasteiger partial charge in [-0.1, -0.05) is 6.07 Å². The van der Waals surface area contributed by atoms with Crippen molar-refractivity contribution < 1.29 is 23.9 Å². The van der Waals surface area contributed by atoms with E-state index in [2.05, 4.69) is 16.0 Å². The van der Waals surface area contributed by atoms with Gasteiger partial charge in [-0.15, -0.1) is 0 Å². The summed E-state index contributed by atoms with van der Waals surface area (Å²) in [7, 11) is 1.44. The average Bonchev–Trinajstić information content (AvgIpc) is 2.57. The molecule has 0 spiro atoms. The van der Waals surface area contributed by atoms with Crippen LogP contribution in [0.1, 0.15) is 21.5 Å². The van der Waals surface area contributed by atoms with E-state index in [9.17, 15) is 19.2 Å². The van der Waals surface area contributed by atoms with Crippen LogP contribution in [0.15, 0.2) is 18.2 Å². The molecule has 0 radical (unpaired) electrons. The van der Waals surface area contributed by atoms with E-state index < -0.39 is 24.4 Å². The molecule has 0 aliphatic carbocycles. The number of hydrogen-bond donors (Lipinski definition) is 3. The SMILES string of the molecule is CNC(=O)CNC(=O)COC(=O)CNC(=O)c1ccc(C)c(C)c1. The van der Waals surface area contributed by atoms with Gasteiger partial charge in [-0.25, -0.2) is 0 Å². The molecule has 0 fully saturated rings. The van der Waals surface area contributed by atoms with E-state index >= 15 is 0 Å². The molecule has 3 amide bonds. The van der Waals surface area contributed by atoms with Gasteiger partial charge in [0.25, 0.3) is 11.8 Å². The molecule has 0 aromatic heterocycles. The van der Waals surface area contributed by atoms with Crippen molar-refractivity contribution in [3.63, 3.8) is 0 Å². The summed E-state index contributed by atoms with van der Waals surface area (Å²) in [4.78, 5) is 45.7. The largest absolute Gasteiger partial charge is 0.454 e. The summed E-state index contributed by atoms with van der Waals surface area (Å²) in [5.41, 5.74) is 2.47. The molecular formula is C16H21N3O5. The third-order valence-corrected chi connectivity index (χ3v) is 3.25. The summed E-state index contributed by atoms with van der Waals surface area (Å²) in [6, 6.07) is 5.21. The molecule has 0 atom stereocenters. The molecule has 0 aliphatic heterocycles. The molecule has 3 N–H and O–H groups in total. The Morgan fingerprint density at radius 2 is 1.67 bits per heavy atom. The quantitative estimate of drug-likeness (QED) is 0.578. The van der Waals surface area contributed by atoms with E-state index in [0.29, 0.717) is 5.56 Å². The predicted molar refractivity (Wildman–Crippen MR) is 86.3 cm³/mol. The number of carbonyl (C=O) groups excluding carboxylic acids is 4. The highest BCUT2D eigenvalue weighted by atomic mass is 16.5. The average molecular weight is 335 g/mol. The van der Waals surface area contributed by atoms with Crippen LogP contribution >= 0.6 is 0 Å². The number of rotatable bonds is 7. The zero-order chi connectivity index (χ0) is 18.1. The normalized spacial score (nSPS) is 9.79. The third kappa shape index (κ3) is 6.47. The van der Waals surface area contributed by atoms with Crippen LogP contribution in [0.25, 0.3) is 0 Å². The number of likely N-dealkylation sites (N-methyl/N-ethyl adjacent to an activating group) is 1. The first-order valence-electron chi connectivity index (χ1n) is 7.32. The number of nitrogens with one attached hydrogen (secondary N) is 3. The van der Waals surface area contributed by atoms with Crippen molar-refractivity contribution in [2.45, 2.75) is 13.8 Å². The Balaban J connectivity index is 2.32. The second-order valence-electron chi connectivity index (χ2n) is 5.09. The van der Waals surface area contributed by atoms with Gasteiger partial charge in [0.2, 0.25) is 5.91 Å². The first-order chi connectivity index (χ1) is 11.3. The van der Waals surface area contributed by atoms with Crippen LogP contribution in [0.5, 0.6) is 0 Å². The van der Waals surface area contributed by atoms with Gasteiger partial charge in [-0.3, -0.25) is 19.2 Å². The lowest BCUT2D eigenvalue weighted by Gasteiger charge is -2.08. The first kappa shape index (κ1) is 19.1. The standard InChI is InChI=1S/C16H21N3O5/c1-10-4-5-12(6-11(10)2)16(23)19-8-15(22)24-9-14(21)18-7-13(20)17-3/h4-6H,7-9H2,1-3H3,(H,17,20)(H,18,21)(H,19,23). The summed E-state index contributed by atoms with van der Waals surface area (Å²) in [6.07, 6.45) is 0. The molecule has 0 saturated carbocycles.